The number of carbonyl (C=O) groups is 2. The van der Waals surface area contributed by atoms with Gasteiger partial charge in [0, 0.05) is 46.3 Å². The number of urea groups is 1. The topological polar surface area (TPSA) is 82.1 Å². The normalized spacial score (nSPS) is 18.8. The Bertz CT molecular complexity index is 338. The first-order valence-electron chi connectivity index (χ1n) is 7.45. The molecule has 1 aliphatic rings. The average Bonchev–Trinajstić information content (AvgIpc) is 2.44. The van der Waals surface area contributed by atoms with E-state index in [1.807, 2.05) is 7.05 Å². The van der Waals surface area contributed by atoms with Crippen molar-refractivity contribution in [2.75, 3.05) is 53.5 Å². The summed E-state index contributed by atoms with van der Waals surface area (Å²) in [6, 6.07) is -0.0924. The summed E-state index contributed by atoms with van der Waals surface area (Å²) in [5.74, 6) is -0.714. The van der Waals surface area contributed by atoms with Gasteiger partial charge in [0.1, 0.15) is 0 Å². The minimum absolute atomic E-state index is 0.0753. The first-order chi connectivity index (χ1) is 10.0. The Labute approximate surface area is 126 Å². The van der Waals surface area contributed by atoms with E-state index in [0.29, 0.717) is 26.2 Å². The number of nitrogens with one attached hydrogen (secondary N) is 1. The van der Waals surface area contributed by atoms with Gasteiger partial charge in [0.05, 0.1) is 6.61 Å². The van der Waals surface area contributed by atoms with Crippen molar-refractivity contribution in [1.29, 1.82) is 0 Å². The van der Waals surface area contributed by atoms with Crippen LogP contribution in [0.1, 0.15) is 19.3 Å². The molecule has 2 amide bonds. The molecule has 0 aromatic rings. The zero-order chi connectivity index (χ0) is 15.7. The molecule has 21 heavy (non-hydrogen) atoms. The summed E-state index contributed by atoms with van der Waals surface area (Å²) < 4.78 is 4.99. The third-order valence-electron chi connectivity index (χ3n) is 3.72. The number of ether oxygens (including phenoxy) is 1. The van der Waals surface area contributed by atoms with Crippen LogP contribution in [0.25, 0.3) is 0 Å². The second-order valence-corrected chi connectivity index (χ2v) is 5.58. The fourth-order valence-electron chi connectivity index (χ4n) is 2.49. The number of amides is 2. The standard InChI is InChI=1S/C14H27N3O4/c1-16(8-9-21-2)7-5-15-14(20)17-6-3-4-12(11-17)10-13(18)19/h12H,3-11H2,1-2H3,(H,15,20)(H,18,19). The molecule has 1 aliphatic heterocycles. The fraction of sp³-hybridized carbons (Fsp3) is 0.857. The minimum atomic E-state index is -0.790. The summed E-state index contributed by atoms with van der Waals surface area (Å²) in [6.07, 6.45) is 1.90. The van der Waals surface area contributed by atoms with Gasteiger partial charge in [-0.2, -0.15) is 0 Å². The highest BCUT2D eigenvalue weighted by Crippen LogP contribution is 2.19. The Morgan fingerprint density at radius 3 is 2.86 bits per heavy atom. The largest absolute Gasteiger partial charge is 0.481 e. The molecule has 0 bridgehead atoms. The van der Waals surface area contributed by atoms with Crippen molar-refractivity contribution in [3.63, 3.8) is 0 Å². The van der Waals surface area contributed by atoms with E-state index in [0.717, 1.165) is 25.9 Å². The maximum absolute atomic E-state index is 12.0. The number of aliphatic carboxylic acids is 1. The van der Waals surface area contributed by atoms with Crippen LogP contribution in [0.3, 0.4) is 0 Å². The highest BCUT2D eigenvalue weighted by molar-refractivity contribution is 5.74. The number of carbonyl (C=O) groups excluding carboxylic acids is 1. The molecule has 7 nitrogen and oxygen atoms in total. The molecule has 1 fully saturated rings. The highest BCUT2D eigenvalue weighted by Gasteiger charge is 2.24. The maximum atomic E-state index is 12.0. The van der Waals surface area contributed by atoms with Crippen LogP contribution in [0.5, 0.6) is 0 Å². The van der Waals surface area contributed by atoms with Crippen LogP contribution in [0, 0.1) is 5.92 Å². The first-order valence-corrected chi connectivity index (χ1v) is 7.45. The number of likely N-dealkylation sites (N-methyl/N-ethyl adjacent to an activating group) is 1. The lowest BCUT2D eigenvalue weighted by molar-refractivity contribution is -0.138. The molecule has 1 saturated heterocycles. The number of hydrogen-bond donors (Lipinski definition) is 2. The number of carboxylic acids is 1. The summed E-state index contributed by atoms with van der Waals surface area (Å²) in [6.45, 7) is 4.10. The van der Waals surface area contributed by atoms with Crippen LogP contribution in [0.4, 0.5) is 4.79 Å². The van der Waals surface area contributed by atoms with Gasteiger partial charge in [-0.1, -0.05) is 0 Å². The third-order valence-corrected chi connectivity index (χ3v) is 3.72. The van der Waals surface area contributed by atoms with Gasteiger partial charge in [-0.3, -0.25) is 4.79 Å². The third kappa shape index (κ3) is 7.29. The number of piperidine rings is 1. The van der Waals surface area contributed by atoms with Crippen LogP contribution >= 0.6 is 0 Å². The molecule has 122 valence electrons. The van der Waals surface area contributed by atoms with Crippen molar-refractivity contribution in [2.24, 2.45) is 5.92 Å². The molecule has 7 heteroatoms. The molecule has 1 rings (SSSR count). The number of nitrogens with zero attached hydrogens (tertiary/aromatic N) is 2. The molecule has 0 aromatic heterocycles. The predicted octanol–water partition coefficient (Wildman–Crippen LogP) is 0.461. The van der Waals surface area contributed by atoms with Crippen molar-refractivity contribution in [3.8, 4) is 0 Å². The monoisotopic (exact) mass is 301 g/mol. The lowest BCUT2D eigenvalue weighted by Crippen LogP contribution is -2.47. The summed E-state index contributed by atoms with van der Waals surface area (Å²) in [5.41, 5.74) is 0. The van der Waals surface area contributed by atoms with E-state index in [2.05, 4.69) is 10.2 Å². The predicted molar refractivity (Wildman–Crippen MR) is 79.3 cm³/mol. The van der Waals surface area contributed by atoms with E-state index < -0.39 is 5.97 Å². The molecule has 0 aromatic carbocycles. The molecule has 0 spiro atoms. The number of methoxy groups -OCH3 is 1. The summed E-state index contributed by atoms with van der Waals surface area (Å²) in [7, 11) is 3.65. The zero-order valence-electron chi connectivity index (χ0n) is 13.0. The fourth-order valence-corrected chi connectivity index (χ4v) is 2.49. The second-order valence-electron chi connectivity index (χ2n) is 5.58. The molecular weight excluding hydrogens is 274 g/mol. The van der Waals surface area contributed by atoms with Crippen LogP contribution in [0.2, 0.25) is 0 Å². The van der Waals surface area contributed by atoms with Crippen LogP contribution in [-0.4, -0.2) is 80.4 Å². The average molecular weight is 301 g/mol. The Morgan fingerprint density at radius 1 is 1.43 bits per heavy atom. The highest BCUT2D eigenvalue weighted by atomic mass is 16.5. The van der Waals surface area contributed by atoms with E-state index in [1.165, 1.54) is 0 Å². The van der Waals surface area contributed by atoms with Crippen molar-refractivity contribution < 1.29 is 19.4 Å². The van der Waals surface area contributed by atoms with Crippen LogP contribution in [-0.2, 0) is 9.53 Å². The molecule has 2 N–H and O–H groups in total. The van der Waals surface area contributed by atoms with E-state index in [9.17, 15) is 9.59 Å². The van der Waals surface area contributed by atoms with E-state index in [1.54, 1.807) is 12.0 Å². The Hall–Kier alpha value is -1.34. The molecule has 0 saturated carbocycles. The van der Waals surface area contributed by atoms with Crippen molar-refractivity contribution in [3.05, 3.63) is 0 Å². The molecule has 0 aliphatic carbocycles. The van der Waals surface area contributed by atoms with Crippen molar-refractivity contribution >= 4 is 12.0 Å². The lowest BCUT2D eigenvalue weighted by atomic mass is 9.95. The summed E-state index contributed by atoms with van der Waals surface area (Å²) in [5, 5.41) is 11.7. The lowest BCUT2D eigenvalue weighted by Gasteiger charge is -2.32. The number of carboxylic acid groups (broad SMARTS) is 1. The number of rotatable bonds is 8. The van der Waals surface area contributed by atoms with Crippen molar-refractivity contribution in [1.82, 2.24) is 15.1 Å². The van der Waals surface area contributed by atoms with Crippen LogP contribution in [0.15, 0.2) is 0 Å². The Balaban J connectivity index is 2.23. The van der Waals surface area contributed by atoms with E-state index in [-0.39, 0.29) is 18.4 Å². The molecule has 1 unspecified atom stereocenters. The first kappa shape index (κ1) is 17.7. The van der Waals surface area contributed by atoms with Gasteiger partial charge in [-0.25, -0.2) is 4.79 Å². The SMILES string of the molecule is COCCN(C)CCNC(=O)N1CCCC(CC(=O)O)C1. The van der Waals surface area contributed by atoms with Gasteiger partial charge < -0.3 is 25.0 Å². The van der Waals surface area contributed by atoms with Gasteiger partial charge in [-0.15, -0.1) is 0 Å². The summed E-state index contributed by atoms with van der Waals surface area (Å²) in [4.78, 5) is 26.6. The number of hydrogen-bond acceptors (Lipinski definition) is 4. The van der Waals surface area contributed by atoms with Gasteiger partial charge in [0.25, 0.3) is 0 Å². The Morgan fingerprint density at radius 2 is 2.19 bits per heavy atom. The smallest absolute Gasteiger partial charge is 0.317 e. The van der Waals surface area contributed by atoms with E-state index >= 15 is 0 Å². The molecule has 0 radical (unpaired) electrons. The second kappa shape index (κ2) is 9.57. The minimum Gasteiger partial charge on any atom is -0.481 e. The molecule has 1 heterocycles. The quantitative estimate of drug-likeness (QED) is 0.681. The molecule has 1 atom stereocenters. The maximum Gasteiger partial charge on any atom is 0.317 e. The van der Waals surface area contributed by atoms with Crippen LogP contribution < -0.4 is 5.32 Å². The van der Waals surface area contributed by atoms with Gasteiger partial charge in [0.2, 0.25) is 0 Å². The van der Waals surface area contributed by atoms with Crippen molar-refractivity contribution in [2.45, 2.75) is 19.3 Å². The van der Waals surface area contributed by atoms with Gasteiger partial charge in [0.15, 0.2) is 0 Å². The molecular formula is C14H27N3O4. The summed E-state index contributed by atoms with van der Waals surface area (Å²) >= 11 is 0. The van der Waals surface area contributed by atoms with Gasteiger partial charge in [-0.05, 0) is 25.8 Å². The Kier molecular flexibility index (Phi) is 8.07. The number of likely N-dealkylation sites (tertiary alicyclic amines) is 1. The van der Waals surface area contributed by atoms with E-state index in [4.69, 9.17) is 9.84 Å². The zero-order valence-corrected chi connectivity index (χ0v) is 13.0. The van der Waals surface area contributed by atoms with Gasteiger partial charge >= 0.3 is 12.0 Å².